The molecule has 2 heteroatoms. The highest BCUT2D eigenvalue weighted by Crippen LogP contribution is 2.17. The first-order valence-corrected chi connectivity index (χ1v) is 5.34. The van der Waals surface area contributed by atoms with E-state index in [1.165, 1.54) is 24.1 Å². The van der Waals surface area contributed by atoms with Gasteiger partial charge in [0.1, 0.15) is 0 Å². The van der Waals surface area contributed by atoms with Crippen molar-refractivity contribution >= 4 is 22.0 Å². The summed E-state index contributed by atoms with van der Waals surface area (Å²) in [6, 6.07) is 8.36. The van der Waals surface area contributed by atoms with Gasteiger partial charge >= 0.3 is 0 Å². The third-order valence-electron chi connectivity index (χ3n) is 2.16. The van der Waals surface area contributed by atoms with Crippen molar-refractivity contribution in [3.63, 3.8) is 0 Å². The molecule has 0 radical (unpaired) electrons. The van der Waals surface area contributed by atoms with E-state index in [1.54, 1.807) is 0 Å². The summed E-state index contributed by atoms with van der Waals surface area (Å²) in [5.74, 6) is 0. The van der Waals surface area contributed by atoms with E-state index in [2.05, 4.69) is 45.5 Å². The molecular weight excluding hydrogens is 226 g/mol. The summed E-state index contributed by atoms with van der Waals surface area (Å²) in [5, 5.41) is 3.37. The van der Waals surface area contributed by atoms with Crippen LogP contribution in [0.1, 0.15) is 18.4 Å². The van der Waals surface area contributed by atoms with Crippen LogP contribution >= 0.6 is 15.9 Å². The second-order valence-electron chi connectivity index (χ2n) is 3.25. The number of benzene rings is 1. The molecule has 1 aliphatic heterocycles. The van der Waals surface area contributed by atoms with Gasteiger partial charge in [-0.05, 0) is 36.6 Å². The van der Waals surface area contributed by atoms with Crippen molar-refractivity contribution in [2.75, 3.05) is 6.54 Å². The topological polar surface area (TPSA) is 12.0 Å². The van der Waals surface area contributed by atoms with Gasteiger partial charge in [0.2, 0.25) is 0 Å². The lowest BCUT2D eigenvalue weighted by Gasteiger charge is -1.99. The molecule has 1 heterocycles. The van der Waals surface area contributed by atoms with E-state index in [-0.39, 0.29) is 0 Å². The van der Waals surface area contributed by atoms with Gasteiger partial charge in [0.25, 0.3) is 0 Å². The van der Waals surface area contributed by atoms with Crippen LogP contribution in [0.15, 0.2) is 34.4 Å². The zero-order chi connectivity index (χ0) is 9.10. The SMILES string of the molecule is Brc1cccc(C=C2CCCN2)c1. The molecule has 1 saturated heterocycles. The van der Waals surface area contributed by atoms with Crippen LogP contribution in [0.5, 0.6) is 0 Å². The molecule has 2 rings (SSSR count). The number of rotatable bonds is 1. The molecule has 0 atom stereocenters. The van der Waals surface area contributed by atoms with E-state index in [9.17, 15) is 0 Å². The van der Waals surface area contributed by atoms with Crippen molar-refractivity contribution in [2.45, 2.75) is 12.8 Å². The van der Waals surface area contributed by atoms with Crippen LogP contribution < -0.4 is 5.32 Å². The number of nitrogens with one attached hydrogen (secondary N) is 1. The second kappa shape index (κ2) is 3.97. The fourth-order valence-corrected chi connectivity index (χ4v) is 1.95. The molecule has 1 nitrogen and oxygen atoms in total. The average molecular weight is 238 g/mol. The molecule has 1 aliphatic rings. The van der Waals surface area contributed by atoms with E-state index < -0.39 is 0 Å². The average Bonchev–Trinajstić information content (AvgIpc) is 2.57. The van der Waals surface area contributed by atoms with Crippen molar-refractivity contribution in [2.24, 2.45) is 0 Å². The minimum absolute atomic E-state index is 1.12. The highest BCUT2D eigenvalue weighted by Gasteiger charge is 2.04. The fourth-order valence-electron chi connectivity index (χ4n) is 1.54. The van der Waals surface area contributed by atoms with Gasteiger partial charge in [0.05, 0.1) is 0 Å². The standard InChI is InChI=1S/C11H12BrN/c12-10-4-1-3-9(7-10)8-11-5-2-6-13-11/h1,3-4,7-8,13H,2,5-6H2. The molecule has 0 spiro atoms. The first-order chi connectivity index (χ1) is 6.34. The fraction of sp³-hybridized carbons (Fsp3) is 0.273. The lowest BCUT2D eigenvalue weighted by molar-refractivity contribution is 0.905. The first-order valence-electron chi connectivity index (χ1n) is 4.54. The van der Waals surface area contributed by atoms with Crippen LogP contribution in [0.25, 0.3) is 6.08 Å². The summed E-state index contributed by atoms with van der Waals surface area (Å²) in [6.45, 7) is 1.12. The van der Waals surface area contributed by atoms with Crippen molar-refractivity contribution in [3.8, 4) is 0 Å². The summed E-state index contributed by atoms with van der Waals surface area (Å²) in [4.78, 5) is 0. The predicted octanol–water partition coefficient (Wildman–Crippen LogP) is 3.17. The Balaban J connectivity index is 2.21. The van der Waals surface area contributed by atoms with Gasteiger partial charge in [0.15, 0.2) is 0 Å². The predicted molar refractivity (Wildman–Crippen MR) is 59.4 cm³/mol. The van der Waals surface area contributed by atoms with Gasteiger partial charge in [-0.1, -0.05) is 28.1 Å². The Labute approximate surface area is 87.0 Å². The normalized spacial score (nSPS) is 19.0. The summed E-state index contributed by atoms with van der Waals surface area (Å²) < 4.78 is 1.14. The lowest BCUT2D eigenvalue weighted by atomic mass is 10.2. The molecule has 68 valence electrons. The number of hydrogen-bond donors (Lipinski definition) is 1. The summed E-state index contributed by atoms with van der Waals surface area (Å²) in [5.41, 5.74) is 2.62. The summed E-state index contributed by atoms with van der Waals surface area (Å²) >= 11 is 3.46. The third kappa shape index (κ3) is 2.34. The van der Waals surface area contributed by atoms with Crippen LogP contribution in [0.4, 0.5) is 0 Å². The van der Waals surface area contributed by atoms with E-state index in [0.717, 1.165) is 11.0 Å². The molecule has 0 aliphatic carbocycles. The summed E-state index contributed by atoms with van der Waals surface area (Å²) in [7, 11) is 0. The minimum atomic E-state index is 1.12. The molecular formula is C11H12BrN. The largest absolute Gasteiger partial charge is 0.388 e. The first kappa shape index (κ1) is 8.82. The Morgan fingerprint density at radius 1 is 1.38 bits per heavy atom. The van der Waals surface area contributed by atoms with Gasteiger partial charge in [-0.15, -0.1) is 0 Å². The molecule has 1 fully saturated rings. The van der Waals surface area contributed by atoms with Gasteiger partial charge in [0, 0.05) is 16.7 Å². The van der Waals surface area contributed by atoms with Crippen molar-refractivity contribution in [3.05, 3.63) is 40.0 Å². The maximum Gasteiger partial charge on any atom is 0.0181 e. The monoisotopic (exact) mass is 237 g/mol. The minimum Gasteiger partial charge on any atom is -0.388 e. The van der Waals surface area contributed by atoms with Gasteiger partial charge in [-0.3, -0.25) is 0 Å². The van der Waals surface area contributed by atoms with Crippen LogP contribution in [0.2, 0.25) is 0 Å². The zero-order valence-corrected chi connectivity index (χ0v) is 8.97. The van der Waals surface area contributed by atoms with Gasteiger partial charge in [-0.2, -0.15) is 0 Å². The lowest BCUT2D eigenvalue weighted by Crippen LogP contribution is -2.02. The maximum absolute atomic E-state index is 3.46. The molecule has 1 aromatic carbocycles. The van der Waals surface area contributed by atoms with Crippen LogP contribution in [-0.4, -0.2) is 6.54 Å². The number of hydrogen-bond acceptors (Lipinski definition) is 1. The highest BCUT2D eigenvalue weighted by atomic mass is 79.9. The Bertz CT molecular complexity index is 323. The highest BCUT2D eigenvalue weighted by molar-refractivity contribution is 9.10. The molecule has 13 heavy (non-hydrogen) atoms. The van der Waals surface area contributed by atoms with E-state index in [0.29, 0.717) is 0 Å². The Kier molecular flexibility index (Phi) is 2.69. The smallest absolute Gasteiger partial charge is 0.0181 e. The van der Waals surface area contributed by atoms with E-state index >= 15 is 0 Å². The maximum atomic E-state index is 3.46. The molecule has 0 saturated carbocycles. The second-order valence-corrected chi connectivity index (χ2v) is 4.17. The van der Waals surface area contributed by atoms with Crippen molar-refractivity contribution in [1.29, 1.82) is 0 Å². The van der Waals surface area contributed by atoms with Crippen LogP contribution in [-0.2, 0) is 0 Å². The Morgan fingerprint density at radius 2 is 2.31 bits per heavy atom. The Hall–Kier alpha value is -0.760. The quantitative estimate of drug-likeness (QED) is 0.792. The van der Waals surface area contributed by atoms with Crippen molar-refractivity contribution in [1.82, 2.24) is 5.32 Å². The van der Waals surface area contributed by atoms with E-state index in [4.69, 9.17) is 0 Å². The van der Waals surface area contributed by atoms with Gasteiger partial charge in [-0.25, -0.2) is 0 Å². The third-order valence-corrected chi connectivity index (χ3v) is 2.66. The number of allylic oxidation sites excluding steroid dienone is 1. The molecule has 0 unspecified atom stereocenters. The Morgan fingerprint density at radius 3 is 3.00 bits per heavy atom. The van der Waals surface area contributed by atoms with E-state index in [1.807, 2.05) is 6.07 Å². The molecule has 0 amide bonds. The molecule has 0 bridgehead atoms. The zero-order valence-electron chi connectivity index (χ0n) is 7.39. The number of halogens is 1. The van der Waals surface area contributed by atoms with Gasteiger partial charge < -0.3 is 5.32 Å². The molecule has 0 aromatic heterocycles. The summed E-state index contributed by atoms with van der Waals surface area (Å²) in [6.07, 6.45) is 4.67. The van der Waals surface area contributed by atoms with Crippen LogP contribution in [0, 0.1) is 0 Å². The van der Waals surface area contributed by atoms with Crippen molar-refractivity contribution < 1.29 is 0 Å². The molecule has 1 N–H and O–H groups in total. The molecule has 1 aromatic rings. The van der Waals surface area contributed by atoms with Crippen LogP contribution in [0.3, 0.4) is 0 Å².